The number of hydrogen-bond acceptors (Lipinski definition) is 3. The van der Waals surface area contributed by atoms with Crippen LogP contribution in [0.1, 0.15) is 13.8 Å². The molecule has 1 rings (SSSR count). The summed E-state index contributed by atoms with van der Waals surface area (Å²) in [4.78, 5) is 3.33. The van der Waals surface area contributed by atoms with Crippen molar-refractivity contribution in [3.8, 4) is 0 Å². The maximum atomic E-state index is 13.3. The van der Waals surface area contributed by atoms with Crippen molar-refractivity contribution in [1.82, 2.24) is 4.98 Å². The zero-order valence-electron chi connectivity index (χ0n) is 9.56. The molecule has 0 radical (unpaired) electrons. The number of likely N-dealkylation sites (N-methyl/N-ethyl adjacent to an activating group) is 1. The van der Waals surface area contributed by atoms with Gasteiger partial charge < -0.3 is 10.0 Å². The molecular formula is C10H12F4N2O. The van der Waals surface area contributed by atoms with Crippen LogP contribution in [0.25, 0.3) is 0 Å². The van der Waals surface area contributed by atoms with Crippen LogP contribution in [0.4, 0.5) is 23.2 Å². The average Bonchev–Trinajstić information content (AvgIpc) is 2.12. The van der Waals surface area contributed by atoms with Gasteiger partial charge >= 0.3 is 0 Å². The summed E-state index contributed by atoms with van der Waals surface area (Å²) in [5.41, 5.74) is -2.17. The Morgan fingerprint density at radius 2 is 1.53 bits per heavy atom. The number of halogens is 4. The molecule has 0 atom stereocenters. The topological polar surface area (TPSA) is 36.4 Å². The Hall–Kier alpha value is -1.37. The fraction of sp³-hybridized carbons (Fsp3) is 0.500. The maximum absolute atomic E-state index is 13.3. The second kappa shape index (κ2) is 4.48. The SMILES string of the molecule is CN(CC(C)(C)O)c1c(F)c(F)nc(F)c1F. The molecule has 0 fully saturated rings. The molecule has 1 N–H and O–H groups in total. The van der Waals surface area contributed by atoms with E-state index < -0.39 is 34.8 Å². The van der Waals surface area contributed by atoms with Crippen molar-refractivity contribution in [3.63, 3.8) is 0 Å². The zero-order valence-corrected chi connectivity index (χ0v) is 9.56. The molecule has 0 amide bonds. The molecule has 0 aliphatic heterocycles. The van der Waals surface area contributed by atoms with Gasteiger partial charge in [0.1, 0.15) is 5.69 Å². The first-order valence-electron chi connectivity index (χ1n) is 4.77. The minimum absolute atomic E-state index is 0.205. The molecule has 1 aromatic rings. The monoisotopic (exact) mass is 252 g/mol. The summed E-state index contributed by atoms with van der Waals surface area (Å²) in [5, 5.41) is 9.48. The predicted octanol–water partition coefficient (Wildman–Crippen LogP) is 1.85. The molecule has 0 bridgehead atoms. The van der Waals surface area contributed by atoms with Crippen molar-refractivity contribution in [1.29, 1.82) is 0 Å². The van der Waals surface area contributed by atoms with Crippen molar-refractivity contribution in [2.75, 3.05) is 18.5 Å². The van der Waals surface area contributed by atoms with Gasteiger partial charge in [-0.25, -0.2) is 0 Å². The third-order valence-electron chi connectivity index (χ3n) is 1.98. The van der Waals surface area contributed by atoms with Crippen molar-refractivity contribution in [2.45, 2.75) is 19.4 Å². The molecule has 1 aromatic heterocycles. The van der Waals surface area contributed by atoms with Gasteiger partial charge in [0.25, 0.3) is 11.9 Å². The molecule has 0 aromatic carbocycles. The zero-order chi connectivity index (χ0) is 13.4. The number of pyridine rings is 1. The van der Waals surface area contributed by atoms with E-state index in [1.807, 2.05) is 0 Å². The van der Waals surface area contributed by atoms with Gasteiger partial charge in [0.05, 0.1) is 5.60 Å². The lowest BCUT2D eigenvalue weighted by Gasteiger charge is -2.27. The quantitative estimate of drug-likeness (QED) is 0.658. The Morgan fingerprint density at radius 3 is 1.88 bits per heavy atom. The molecule has 96 valence electrons. The first kappa shape index (κ1) is 13.7. The third kappa shape index (κ3) is 3.06. The highest BCUT2D eigenvalue weighted by atomic mass is 19.2. The predicted molar refractivity (Wildman–Crippen MR) is 53.6 cm³/mol. The van der Waals surface area contributed by atoms with E-state index in [4.69, 9.17) is 0 Å². The minimum Gasteiger partial charge on any atom is -0.389 e. The fourth-order valence-corrected chi connectivity index (χ4v) is 1.47. The van der Waals surface area contributed by atoms with E-state index in [1.54, 1.807) is 0 Å². The van der Waals surface area contributed by atoms with Crippen LogP contribution in [-0.2, 0) is 0 Å². The van der Waals surface area contributed by atoms with E-state index in [0.717, 1.165) is 4.90 Å². The first-order chi connectivity index (χ1) is 7.63. The largest absolute Gasteiger partial charge is 0.389 e. The summed E-state index contributed by atoms with van der Waals surface area (Å²) in [6.45, 7) is 2.59. The number of hydrogen-bond donors (Lipinski definition) is 1. The molecule has 17 heavy (non-hydrogen) atoms. The van der Waals surface area contributed by atoms with E-state index >= 15 is 0 Å². The number of anilines is 1. The molecule has 3 nitrogen and oxygen atoms in total. The van der Waals surface area contributed by atoms with Crippen molar-refractivity contribution < 1.29 is 22.7 Å². The van der Waals surface area contributed by atoms with Gasteiger partial charge in [-0.2, -0.15) is 22.5 Å². The summed E-state index contributed by atoms with van der Waals surface area (Å²) in [6, 6.07) is 0. The smallest absolute Gasteiger partial charge is 0.253 e. The normalized spacial score (nSPS) is 11.8. The number of aliphatic hydroxyl groups is 1. The molecule has 0 aliphatic carbocycles. The van der Waals surface area contributed by atoms with Crippen LogP contribution < -0.4 is 4.90 Å². The van der Waals surface area contributed by atoms with E-state index in [0.29, 0.717) is 0 Å². The standard InChI is InChI=1S/C10H12F4N2O/c1-10(2,17)4-16(3)7-5(11)8(13)15-9(14)6(7)12/h17H,4H2,1-3H3. The molecule has 0 saturated carbocycles. The molecule has 1 heterocycles. The molecule has 0 aliphatic rings. The molecule has 0 saturated heterocycles. The highest BCUT2D eigenvalue weighted by Gasteiger charge is 2.26. The van der Waals surface area contributed by atoms with Crippen LogP contribution >= 0.6 is 0 Å². The highest BCUT2D eigenvalue weighted by Crippen LogP contribution is 2.26. The summed E-state index contributed by atoms with van der Waals surface area (Å²) in [7, 11) is 1.21. The molecule has 0 unspecified atom stereocenters. The van der Waals surface area contributed by atoms with E-state index in [9.17, 15) is 22.7 Å². The van der Waals surface area contributed by atoms with Crippen molar-refractivity contribution in [3.05, 3.63) is 23.5 Å². The van der Waals surface area contributed by atoms with Gasteiger partial charge in [-0.1, -0.05) is 0 Å². The van der Waals surface area contributed by atoms with Crippen LogP contribution in [0.5, 0.6) is 0 Å². The molecule has 0 spiro atoms. The lowest BCUT2D eigenvalue weighted by molar-refractivity contribution is 0.0882. The van der Waals surface area contributed by atoms with Crippen LogP contribution in [0.3, 0.4) is 0 Å². The Morgan fingerprint density at radius 1 is 1.12 bits per heavy atom. The van der Waals surface area contributed by atoms with Gasteiger partial charge in [-0.05, 0) is 13.8 Å². The average molecular weight is 252 g/mol. The van der Waals surface area contributed by atoms with E-state index in [-0.39, 0.29) is 6.54 Å². The van der Waals surface area contributed by atoms with Gasteiger partial charge in [0.15, 0.2) is 0 Å². The van der Waals surface area contributed by atoms with Crippen LogP contribution in [0.2, 0.25) is 0 Å². The summed E-state index contributed by atoms with van der Waals surface area (Å²) < 4.78 is 52.3. The van der Waals surface area contributed by atoms with E-state index in [1.165, 1.54) is 20.9 Å². The van der Waals surface area contributed by atoms with Crippen molar-refractivity contribution >= 4 is 5.69 Å². The van der Waals surface area contributed by atoms with Crippen LogP contribution in [-0.4, -0.2) is 29.3 Å². The van der Waals surface area contributed by atoms with Crippen LogP contribution in [0, 0.1) is 23.5 Å². The van der Waals surface area contributed by atoms with Crippen molar-refractivity contribution in [2.24, 2.45) is 0 Å². The Bertz CT molecular complexity index is 405. The number of rotatable bonds is 3. The maximum Gasteiger partial charge on any atom is 0.253 e. The van der Waals surface area contributed by atoms with Gasteiger partial charge in [-0.15, -0.1) is 0 Å². The minimum atomic E-state index is -1.72. The third-order valence-corrected chi connectivity index (χ3v) is 1.98. The Balaban J connectivity index is 3.21. The molecule has 7 heteroatoms. The number of aromatic nitrogens is 1. The fourth-order valence-electron chi connectivity index (χ4n) is 1.47. The number of nitrogens with zero attached hydrogens (tertiary/aromatic N) is 2. The second-order valence-corrected chi connectivity index (χ2v) is 4.34. The Labute approximate surface area is 95.7 Å². The lowest BCUT2D eigenvalue weighted by Crippen LogP contribution is -2.37. The lowest BCUT2D eigenvalue weighted by atomic mass is 10.1. The summed E-state index contributed by atoms with van der Waals surface area (Å²) in [6.07, 6.45) is 0. The van der Waals surface area contributed by atoms with Gasteiger partial charge in [0, 0.05) is 13.6 Å². The van der Waals surface area contributed by atoms with Gasteiger partial charge in [-0.3, -0.25) is 0 Å². The first-order valence-corrected chi connectivity index (χ1v) is 4.77. The molecular weight excluding hydrogens is 240 g/mol. The summed E-state index contributed by atoms with van der Waals surface area (Å²) in [5.74, 6) is -6.62. The van der Waals surface area contributed by atoms with E-state index in [2.05, 4.69) is 4.98 Å². The van der Waals surface area contributed by atoms with Crippen LogP contribution in [0.15, 0.2) is 0 Å². The highest BCUT2D eigenvalue weighted by molar-refractivity contribution is 5.48. The van der Waals surface area contributed by atoms with Gasteiger partial charge in [0.2, 0.25) is 11.6 Å². The second-order valence-electron chi connectivity index (χ2n) is 4.34. The summed E-state index contributed by atoms with van der Waals surface area (Å²) >= 11 is 0. The Kier molecular flexibility index (Phi) is 3.61.